The van der Waals surface area contributed by atoms with Gasteiger partial charge in [0.15, 0.2) is 5.78 Å². The van der Waals surface area contributed by atoms with Crippen molar-refractivity contribution in [2.24, 2.45) is 5.41 Å². The smallest absolute Gasteiger partial charge is 0.368 e. The highest BCUT2D eigenvalue weighted by molar-refractivity contribution is 6.42. The van der Waals surface area contributed by atoms with Crippen molar-refractivity contribution in [3.8, 4) is 0 Å². The third-order valence-corrected chi connectivity index (χ3v) is 5.31. The minimum atomic E-state index is -5.34. The van der Waals surface area contributed by atoms with Crippen molar-refractivity contribution in [3.63, 3.8) is 0 Å². The van der Waals surface area contributed by atoms with Crippen LogP contribution in [0.4, 0.5) is 18.9 Å². The molecule has 0 spiro atoms. The number of aliphatic hydroxyl groups is 1. The zero-order valence-electron chi connectivity index (χ0n) is 13.7. The standard InChI is InChI=1S/C17H14Cl2F3NO3/c1-15(2)6-11-13(12(24)7-15)16(26,17(20,21)22)14(25)23(11)8-3-4-9(18)10(19)5-8/h3-5,26H,6-7H2,1-2H3/t16-/m0/s1. The number of anilines is 1. The largest absolute Gasteiger partial charge is 0.430 e. The molecule has 1 atom stereocenters. The average molecular weight is 408 g/mol. The molecule has 0 radical (unpaired) electrons. The molecule has 140 valence electrons. The van der Waals surface area contributed by atoms with Crippen LogP contribution in [0.25, 0.3) is 0 Å². The fraction of sp³-hybridized carbons (Fsp3) is 0.412. The Balaban J connectivity index is 2.27. The summed E-state index contributed by atoms with van der Waals surface area (Å²) >= 11 is 11.8. The molecule has 1 aliphatic carbocycles. The molecule has 0 unspecified atom stereocenters. The van der Waals surface area contributed by atoms with E-state index in [4.69, 9.17) is 23.2 Å². The maximum absolute atomic E-state index is 13.6. The van der Waals surface area contributed by atoms with E-state index < -0.39 is 34.5 Å². The molecule has 0 saturated carbocycles. The number of carbonyl (C=O) groups excluding carboxylic acids is 2. The molecular weight excluding hydrogens is 394 g/mol. The van der Waals surface area contributed by atoms with Crippen molar-refractivity contribution >= 4 is 40.6 Å². The number of rotatable bonds is 1. The molecule has 1 aromatic rings. The van der Waals surface area contributed by atoms with Crippen LogP contribution in [0.15, 0.2) is 29.5 Å². The fourth-order valence-corrected chi connectivity index (χ4v) is 3.73. The first-order valence-corrected chi connectivity index (χ1v) is 8.41. The van der Waals surface area contributed by atoms with E-state index in [0.717, 1.165) is 4.90 Å². The first kappa shape index (κ1) is 19.2. The number of carbonyl (C=O) groups is 2. The molecule has 4 nitrogen and oxygen atoms in total. The Labute approximate surface area is 157 Å². The molecule has 1 aliphatic heterocycles. The van der Waals surface area contributed by atoms with Gasteiger partial charge < -0.3 is 5.11 Å². The Morgan fingerprint density at radius 3 is 2.27 bits per heavy atom. The summed E-state index contributed by atoms with van der Waals surface area (Å²) in [5, 5.41) is 10.5. The number of nitrogens with zero attached hydrogens (tertiary/aromatic N) is 1. The number of amides is 1. The highest BCUT2D eigenvalue weighted by atomic mass is 35.5. The number of Topliss-reactive ketones (excluding diaryl/α,β-unsaturated/α-hetero) is 1. The number of hydrogen-bond donors (Lipinski definition) is 1. The van der Waals surface area contributed by atoms with Crippen molar-refractivity contribution in [2.45, 2.75) is 38.5 Å². The lowest BCUT2D eigenvalue weighted by atomic mass is 9.73. The maximum Gasteiger partial charge on any atom is 0.430 e. The minimum Gasteiger partial charge on any atom is -0.368 e. The summed E-state index contributed by atoms with van der Waals surface area (Å²) < 4.78 is 40.9. The van der Waals surface area contributed by atoms with E-state index in [1.807, 2.05) is 0 Å². The van der Waals surface area contributed by atoms with Gasteiger partial charge in [0.1, 0.15) is 0 Å². The van der Waals surface area contributed by atoms with Gasteiger partial charge in [-0.1, -0.05) is 37.0 Å². The predicted octanol–water partition coefficient (Wildman–Crippen LogP) is 4.28. The molecule has 1 aromatic carbocycles. The van der Waals surface area contributed by atoms with Crippen molar-refractivity contribution in [1.82, 2.24) is 0 Å². The summed E-state index contributed by atoms with van der Waals surface area (Å²) in [6.07, 6.45) is -5.53. The molecule has 2 aliphatic rings. The van der Waals surface area contributed by atoms with E-state index in [9.17, 15) is 27.9 Å². The molecule has 1 N–H and O–H groups in total. The van der Waals surface area contributed by atoms with Gasteiger partial charge in [0.05, 0.1) is 21.3 Å². The minimum absolute atomic E-state index is 0.00238. The topological polar surface area (TPSA) is 57.6 Å². The number of benzene rings is 1. The van der Waals surface area contributed by atoms with Crippen molar-refractivity contribution in [2.75, 3.05) is 4.90 Å². The summed E-state index contributed by atoms with van der Waals surface area (Å²) in [7, 11) is 0. The highest BCUT2D eigenvalue weighted by Crippen LogP contribution is 2.52. The summed E-state index contributed by atoms with van der Waals surface area (Å²) in [5.41, 5.74) is -5.60. The van der Waals surface area contributed by atoms with Crippen molar-refractivity contribution in [3.05, 3.63) is 39.5 Å². The van der Waals surface area contributed by atoms with Gasteiger partial charge in [0.25, 0.3) is 11.5 Å². The Morgan fingerprint density at radius 2 is 1.73 bits per heavy atom. The second-order valence-corrected chi connectivity index (χ2v) is 8.02. The van der Waals surface area contributed by atoms with Gasteiger partial charge in [-0.15, -0.1) is 0 Å². The van der Waals surface area contributed by atoms with Crippen LogP contribution in [-0.2, 0) is 9.59 Å². The first-order valence-electron chi connectivity index (χ1n) is 7.65. The summed E-state index contributed by atoms with van der Waals surface area (Å²) in [4.78, 5) is 25.9. The Kier molecular flexibility index (Phi) is 4.22. The van der Waals surface area contributed by atoms with Gasteiger partial charge in [-0.05, 0) is 30.0 Å². The monoisotopic (exact) mass is 407 g/mol. The van der Waals surface area contributed by atoms with Crippen molar-refractivity contribution < 1.29 is 27.9 Å². The molecule has 0 fully saturated rings. The average Bonchev–Trinajstić information content (AvgIpc) is 2.70. The van der Waals surface area contributed by atoms with Crippen LogP contribution in [0.3, 0.4) is 0 Å². The Hall–Kier alpha value is -1.57. The second-order valence-electron chi connectivity index (χ2n) is 7.21. The lowest BCUT2D eigenvalue weighted by Gasteiger charge is -2.33. The molecule has 0 aromatic heterocycles. The predicted molar refractivity (Wildman–Crippen MR) is 90.0 cm³/mol. The van der Waals surface area contributed by atoms with E-state index in [1.165, 1.54) is 18.2 Å². The van der Waals surface area contributed by atoms with Crippen molar-refractivity contribution in [1.29, 1.82) is 0 Å². The number of halogens is 5. The number of ketones is 1. The highest BCUT2D eigenvalue weighted by Gasteiger charge is 2.70. The van der Waals surface area contributed by atoms with Gasteiger partial charge in [-0.3, -0.25) is 14.5 Å². The maximum atomic E-state index is 13.6. The third kappa shape index (κ3) is 2.64. The van der Waals surface area contributed by atoms with Gasteiger partial charge in [-0.2, -0.15) is 13.2 Å². The molecule has 9 heteroatoms. The number of allylic oxidation sites excluding steroid dienone is 1. The normalized spacial score (nSPS) is 25.8. The van der Waals surface area contributed by atoms with Crippen LogP contribution in [0.5, 0.6) is 0 Å². The van der Waals surface area contributed by atoms with E-state index >= 15 is 0 Å². The quantitative estimate of drug-likeness (QED) is 0.755. The zero-order chi connectivity index (χ0) is 19.7. The van der Waals surface area contributed by atoms with E-state index in [0.29, 0.717) is 0 Å². The Morgan fingerprint density at radius 1 is 1.12 bits per heavy atom. The summed E-state index contributed by atoms with van der Waals surface area (Å²) in [6, 6.07) is 3.86. The lowest BCUT2D eigenvalue weighted by Crippen LogP contribution is -2.55. The molecular formula is C17H14Cl2F3NO3. The Bertz CT molecular complexity index is 863. The fourth-order valence-electron chi connectivity index (χ4n) is 3.44. The van der Waals surface area contributed by atoms with Crippen LogP contribution in [0, 0.1) is 5.41 Å². The van der Waals surface area contributed by atoms with Gasteiger partial charge in [0.2, 0.25) is 0 Å². The van der Waals surface area contributed by atoms with Crippen LogP contribution in [0.1, 0.15) is 26.7 Å². The van der Waals surface area contributed by atoms with Gasteiger partial charge >= 0.3 is 6.18 Å². The van der Waals surface area contributed by atoms with Gasteiger partial charge in [0, 0.05) is 12.1 Å². The molecule has 1 heterocycles. The number of hydrogen-bond acceptors (Lipinski definition) is 3. The zero-order valence-corrected chi connectivity index (χ0v) is 15.3. The molecule has 0 saturated heterocycles. The molecule has 26 heavy (non-hydrogen) atoms. The van der Waals surface area contributed by atoms with E-state index in [2.05, 4.69) is 0 Å². The molecule has 1 amide bonds. The summed E-state index contributed by atoms with van der Waals surface area (Å²) in [6.45, 7) is 3.41. The van der Waals surface area contributed by atoms with Crippen LogP contribution in [0.2, 0.25) is 10.0 Å². The van der Waals surface area contributed by atoms with Crippen LogP contribution in [-0.4, -0.2) is 28.6 Å². The summed E-state index contributed by atoms with van der Waals surface area (Å²) in [5.74, 6) is -2.54. The van der Waals surface area contributed by atoms with Gasteiger partial charge in [-0.25, -0.2) is 0 Å². The van der Waals surface area contributed by atoms with E-state index in [1.54, 1.807) is 13.8 Å². The molecule has 3 rings (SSSR count). The SMILES string of the molecule is CC1(C)CC(=O)C2=C(C1)N(c1ccc(Cl)c(Cl)c1)C(=O)[C@]2(O)C(F)(F)F. The van der Waals surface area contributed by atoms with Crippen LogP contribution < -0.4 is 4.90 Å². The third-order valence-electron chi connectivity index (χ3n) is 4.57. The number of alkyl halides is 3. The second kappa shape index (κ2) is 5.71. The lowest BCUT2D eigenvalue weighted by molar-refractivity contribution is -0.235. The molecule has 0 bridgehead atoms. The first-order chi connectivity index (χ1) is 11.8. The van der Waals surface area contributed by atoms with Crippen LogP contribution >= 0.6 is 23.2 Å². The van der Waals surface area contributed by atoms with E-state index in [-0.39, 0.29) is 34.3 Å².